The maximum absolute atomic E-state index is 13.7. The van der Waals surface area contributed by atoms with Gasteiger partial charge in [0.2, 0.25) is 5.91 Å². The lowest BCUT2D eigenvalue weighted by atomic mass is 9.86. The molecule has 30 heavy (non-hydrogen) atoms. The van der Waals surface area contributed by atoms with Gasteiger partial charge in [0.25, 0.3) is 0 Å². The lowest BCUT2D eigenvalue weighted by Crippen LogP contribution is -2.42. The molecule has 1 aliphatic rings. The number of amides is 1. The van der Waals surface area contributed by atoms with E-state index in [1.807, 2.05) is 0 Å². The number of ether oxygens (including phenoxy) is 1. The largest absolute Gasteiger partial charge is 0.431 e. The number of hydrogen-bond acceptors (Lipinski definition) is 3. The molecule has 0 aliphatic heterocycles. The Labute approximate surface area is 173 Å². The summed E-state index contributed by atoms with van der Waals surface area (Å²) in [5.74, 6) is -0.374. The molecule has 164 valence electrons. The van der Waals surface area contributed by atoms with Gasteiger partial charge in [-0.2, -0.15) is 13.2 Å². The average molecular weight is 424 g/mol. The number of hydrogen-bond donors (Lipinski definition) is 1. The van der Waals surface area contributed by atoms with E-state index < -0.39 is 23.3 Å². The van der Waals surface area contributed by atoms with Crippen LogP contribution in [-0.2, 0) is 22.3 Å². The van der Waals surface area contributed by atoms with Gasteiger partial charge in [-0.25, -0.2) is 0 Å². The molecule has 0 radical (unpaired) electrons. The molecule has 2 aromatic rings. The number of carbonyl (C=O) groups excluding carboxylic acids is 1. The van der Waals surface area contributed by atoms with Gasteiger partial charge in [-0.15, -0.1) is 0 Å². The number of nitrogens with one attached hydrogen (secondary N) is 1. The van der Waals surface area contributed by atoms with Crippen molar-refractivity contribution in [3.8, 4) is 0 Å². The van der Waals surface area contributed by atoms with Gasteiger partial charge in [-0.1, -0.05) is 18.1 Å². The van der Waals surface area contributed by atoms with Crippen molar-refractivity contribution in [2.75, 3.05) is 7.11 Å². The fourth-order valence-corrected chi connectivity index (χ4v) is 4.20. The van der Waals surface area contributed by atoms with Crippen molar-refractivity contribution in [3.63, 3.8) is 0 Å². The van der Waals surface area contributed by atoms with E-state index in [2.05, 4.69) is 5.32 Å². The standard InChI is InChI=1S/C22H27F3N2O3/c1-13-7-8-18-17(9-13)19(28)11-20(22(23,24)25)27(18)12-14(2)26-21(29)15-5-4-6-16(10-15)30-3/h7-9,11,14-16H,4-6,10,12H2,1-3H3,(H,26,29)/t14-,15?,16?/m1/s1. The summed E-state index contributed by atoms with van der Waals surface area (Å²) in [4.78, 5) is 24.9. The summed E-state index contributed by atoms with van der Waals surface area (Å²) in [5, 5.41) is 3.08. The minimum absolute atomic E-state index is 0.0350. The van der Waals surface area contributed by atoms with Crippen LogP contribution in [-0.4, -0.2) is 29.7 Å². The average Bonchev–Trinajstić information content (AvgIpc) is 2.69. The highest BCUT2D eigenvalue weighted by atomic mass is 19.4. The van der Waals surface area contributed by atoms with E-state index in [1.54, 1.807) is 33.1 Å². The van der Waals surface area contributed by atoms with Gasteiger partial charge in [-0.05, 0) is 45.2 Å². The van der Waals surface area contributed by atoms with Crippen molar-refractivity contribution in [2.45, 2.75) is 64.4 Å². The summed E-state index contributed by atoms with van der Waals surface area (Å²) in [6.07, 6.45) is -1.50. The molecule has 0 saturated heterocycles. The maximum atomic E-state index is 13.7. The lowest BCUT2D eigenvalue weighted by molar-refractivity contribution is -0.143. The quantitative estimate of drug-likeness (QED) is 0.788. The number of halogens is 3. The van der Waals surface area contributed by atoms with E-state index in [0.717, 1.165) is 29.4 Å². The molecule has 3 atom stereocenters. The Balaban J connectivity index is 1.87. The van der Waals surface area contributed by atoms with E-state index >= 15 is 0 Å². The number of nitrogens with zero attached hydrogens (tertiary/aromatic N) is 1. The molecule has 2 unspecified atom stereocenters. The van der Waals surface area contributed by atoms with Gasteiger partial charge in [0, 0.05) is 37.1 Å². The Kier molecular flexibility index (Phi) is 6.55. The molecule has 1 fully saturated rings. The Morgan fingerprint density at radius 2 is 2.03 bits per heavy atom. The first-order valence-corrected chi connectivity index (χ1v) is 10.1. The van der Waals surface area contributed by atoms with E-state index in [-0.39, 0.29) is 35.4 Å². The summed E-state index contributed by atoms with van der Waals surface area (Å²) < 4.78 is 47.4. The van der Waals surface area contributed by atoms with E-state index in [1.165, 1.54) is 6.07 Å². The Morgan fingerprint density at radius 3 is 2.70 bits per heavy atom. The number of benzene rings is 1. The molecule has 1 aromatic heterocycles. The summed E-state index contributed by atoms with van der Waals surface area (Å²) in [5.41, 5.74) is -0.681. The van der Waals surface area contributed by atoms with Crippen LogP contribution in [0, 0.1) is 12.8 Å². The van der Waals surface area contributed by atoms with Crippen LogP contribution in [0.15, 0.2) is 29.1 Å². The first-order valence-electron chi connectivity index (χ1n) is 10.1. The zero-order valence-electron chi connectivity index (χ0n) is 17.4. The van der Waals surface area contributed by atoms with E-state index in [9.17, 15) is 22.8 Å². The second kappa shape index (κ2) is 8.79. The zero-order valence-corrected chi connectivity index (χ0v) is 17.4. The van der Waals surface area contributed by atoms with Crippen molar-refractivity contribution >= 4 is 16.8 Å². The number of carbonyl (C=O) groups is 1. The van der Waals surface area contributed by atoms with Crippen molar-refractivity contribution in [3.05, 3.63) is 45.7 Å². The van der Waals surface area contributed by atoms with Crippen LogP contribution >= 0.6 is 0 Å². The molecular weight excluding hydrogens is 397 g/mol. The third-order valence-corrected chi connectivity index (χ3v) is 5.73. The van der Waals surface area contributed by atoms with Crippen LogP contribution in [0.1, 0.15) is 43.9 Å². The topological polar surface area (TPSA) is 60.3 Å². The monoisotopic (exact) mass is 424 g/mol. The zero-order chi connectivity index (χ0) is 22.1. The number of aryl methyl sites for hydroxylation is 1. The van der Waals surface area contributed by atoms with Crippen LogP contribution < -0.4 is 10.7 Å². The molecule has 0 spiro atoms. The smallest absolute Gasteiger partial charge is 0.381 e. The Bertz CT molecular complexity index is 984. The Morgan fingerprint density at radius 1 is 1.30 bits per heavy atom. The van der Waals surface area contributed by atoms with Gasteiger partial charge < -0.3 is 14.6 Å². The highest BCUT2D eigenvalue weighted by Crippen LogP contribution is 2.31. The number of fused-ring (bicyclic) bond motifs is 1. The van der Waals surface area contributed by atoms with Gasteiger partial charge >= 0.3 is 6.18 Å². The first kappa shape index (κ1) is 22.3. The summed E-state index contributed by atoms with van der Waals surface area (Å²) in [7, 11) is 1.62. The number of rotatable bonds is 5. The number of pyridine rings is 1. The molecule has 8 heteroatoms. The Hall–Kier alpha value is -2.35. The fourth-order valence-electron chi connectivity index (χ4n) is 4.20. The second-order valence-corrected chi connectivity index (χ2v) is 8.15. The summed E-state index contributed by atoms with van der Waals surface area (Å²) >= 11 is 0. The predicted molar refractivity (Wildman–Crippen MR) is 108 cm³/mol. The van der Waals surface area contributed by atoms with Gasteiger partial charge in [0.05, 0.1) is 11.6 Å². The van der Waals surface area contributed by atoms with Crippen LogP contribution in [0.4, 0.5) is 13.2 Å². The van der Waals surface area contributed by atoms with E-state index in [4.69, 9.17) is 4.74 Å². The normalized spacial score (nSPS) is 20.9. The van der Waals surface area contributed by atoms with Gasteiger partial charge in [0.1, 0.15) is 5.69 Å². The minimum Gasteiger partial charge on any atom is -0.381 e. The number of alkyl halides is 3. The van der Waals surface area contributed by atoms with Crippen LogP contribution in [0.2, 0.25) is 0 Å². The van der Waals surface area contributed by atoms with Crippen molar-refractivity contribution < 1.29 is 22.7 Å². The third-order valence-electron chi connectivity index (χ3n) is 5.73. The highest BCUT2D eigenvalue weighted by molar-refractivity contribution is 5.81. The molecule has 1 heterocycles. The molecule has 1 amide bonds. The highest BCUT2D eigenvalue weighted by Gasteiger charge is 2.35. The van der Waals surface area contributed by atoms with Crippen molar-refractivity contribution in [1.82, 2.24) is 9.88 Å². The summed E-state index contributed by atoms with van der Waals surface area (Å²) in [6, 6.07) is 4.88. The van der Waals surface area contributed by atoms with Gasteiger partial charge in [0.15, 0.2) is 5.43 Å². The molecule has 1 aliphatic carbocycles. The summed E-state index contributed by atoms with van der Waals surface area (Å²) in [6.45, 7) is 3.36. The molecule has 1 N–H and O–H groups in total. The first-order chi connectivity index (χ1) is 14.1. The second-order valence-electron chi connectivity index (χ2n) is 8.15. The lowest BCUT2D eigenvalue weighted by Gasteiger charge is -2.29. The molecular formula is C22H27F3N2O3. The number of methoxy groups -OCH3 is 1. The molecule has 5 nitrogen and oxygen atoms in total. The van der Waals surface area contributed by atoms with Crippen molar-refractivity contribution in [1.29, 1.82) is 0 Å². The predicted octanol–water partition coefficient (Wildman–Crippen LogP) is 4.04. The maximum Gasteiger partial charge on any atom is 0.431 e. The minimum atomic E-state index is -4.68. The van der Waals surface area contributed by atoms with Crippen LogP contribution in [0.25, 0.3) is 10.9 Å². The fraction of sp³-hybridized carbons (Fsp3) is 0.545. The molecule has 1 saturated carbocycles. The van der Waals surface area contributed by atoms with Gasteiger partial charge in [-0.3, -0.25) is 9.59 Å². The molecule has 0 bridgehead atoms. The van der Waals surface area contributed by atoms with Crippen LogP contribution in [0.3, 0.4) is 0 Å². The third kappa shape index (κ3) is 4.86. The number of aromatic nitrogens is 1. The van der Waals surface area contributed by atoms with Crippen LogP contribution in [0.5, 0.6) is 0 Å². The SMILES string of the molecule is COC1CCCC(C(=O)N[C@H](C)Cn2c(C(F)(F)F)cc(=O)c3cc(C)ccc32)C1. The molecule has 3 rings (SSSR count). The van der Waals surface area contributed by atoms with Crippen molar-refractivity contribution in [2.24, 2.45) is 5.92 Å². The van der Waals surface area contributed by atoms with E-state index in [0.29, 0.717) is 12.5 Å². The molecule has 1 aromatic carbocycles.